The van der Waals surface area contributed by atoms with Gasteiger partial charge in [0.2, 0.25) is 12.0 Å². The number of phenols is 3. The number of carbonyl (C=O) groups is 1. The molecular weight excluding hydrogens is 588 g/mol. The number of esters is 1. The lowest BCUT2D eigenvalue weighted by Crippen LogP contribution is -2.62. The molecule has 5 rings (SSSR count). The summed E-state index contributed by atoms with van der Waals surface area (Å²) in [7, 11) is 0. The van der Waals surface area contributed by atoms with Gasteiger partial charge in [0, 0.05) is 19.1 Å². The molecule has 15 heteroatoms. The number of rotatable bonds is 7. The third-order valence-electron chi connectivity index (χ3n) is 7.37. The highest BCUT2D eigenvalue weighted by Crippen LogP contribution is 2.41. The number of benzene rings is 2. The molecule has 2 aliphatic heterocycles. The normalized spacial score (nSPS) is 32.3. The first kappa shape index (κ1) is 31.6. The van der Waals surface area contributed by atoms with Crippen molar-refractivity contribution in [1.29, 1.82) is 0 Å². The summed E-state index contributed by atoms with van der Waals surface area (Å²) in [6.45, 7) is 2.04. The lowest BCUT2D eigenvalue weighted by molar-refractivity contribution is -0.320. The van der Waals surface area contributed by atoms with Gasteiger partial charge in [0.1, 0.15) is 59.3 Å². The summed E-state index contributed by atoms with van der Waals surface area (Å²) >= 11 is 0. The van der Waals surface area contributed by atoms with Crippen LogP contribution in [0.15, 0.2) is 46.9 Å². The number of aromatic hydroxyl groups is 3. The van der Waals surface area contributed by atoms with Crippen LogP contribution in [0.3, 0.4) is 0 Å². The Balaban J connectivity index is 1.41. The molecule has 2 fully saturated rings. The van der Waals surface area contributed by atoms with E-state index in [9.17, 15) is 45.6 Å². The lowest BCUT2D eigenvalue weighted by Gasteiger charge is -2.43. The van der Waals surface area contributed by atoms with E-state index in [1.165, 1.54) is 43.3 Å². The highest BCUT2D eigenvalue weighted by molar-refractivity contribution is 5.88. The van der Waals surface area contributed by atoms with Gasteiger partial charge in [-0.3, -0.25) is 4.79 Å². The minimum Gasteiger partial charge on any atom is -0.508 e. The van der Waals surface area contributed by atoms with Gasteiger partial charge < -0.3 is 64.5 Å². The highest BCUT2D eigenvalue weighted by Gasteiger charge is 2.49. The Bertz CT molecular complexity index is 1480. The van der Waals surface area contributed by atoms with E-state index in [2.05, 4.69) is 0 Å². The molecule has 3 aromatic rings. The van der Waals surface area contributed by atoms with E-state index in [1.54, 1.807) is 0 Å². The molecule has 0 unspecified atom stereocenters. The lowest BCUT2D eigenvalue weighted by atomic mass is 9.98. The van der Waals surface area contributed by atoms with Crippen LogP contribution in [0, 0.1) is 0 Å². The second-order valence-electron chi connectivity index (χ2n) is 10.6. The predicted molar refractivity (Wildman–Crippen MR) is 146 cm³/mol. The molecule has 0 saturated carbocycles. The second kappa shape index (κ2) is 12.7. The van der Waals surface area contributed by atoms with Gasteiger partial charge in [-0.2, -0.15) is 0 Å². The maximum absolute atomic E-state index is 11.6. The van der Waals surface area contributed by atoms with E-state index < -0.39 is 74.0 Å². The van der Waals surface area contributed by atoms with Crippen LogP contribution in [-0.4, -0.2) is 115 Å². The van der Waals surface area contributed by atoms with Gasteiger partial charge in [-0.05, 0) is 31.2 Å². The van der Waals surface area contributed by atoms with E-state index in [0.717, 1.165) is 13.0 Å². The summed E-state index contributed by atoms with van der Waals surface area (Å²) in [6, 6.07) is 9.45. The summed E-state index contributed by atoms with van der Waals surface area (Å²) < 4.78 is 33.9. The highest BCUT2D eigenvalue weighted by atomic mass is 16.7. The van der Waals surface area contributed by atoms with Crippen LogP contribution in [0.25, 0.3) is 22.3 Å². The first-order valence-electron chi connectivity index (χ1n) is 13.6. The van der Waals surface area contributed by atoms with Gasteiger partial charge in [0.15, 0.2) is 12.4 Å². The van der Waals surface area contributed by atoms with E-state index >= 15 is 0 Å². The van der Waals surface area contributed by atoms with E-state index in [4.69, 9.17) is 28.1 Å². The number of hydrogen-bond acceptors (Lipinski definition) is 14. The summed E-state index contributed by atoms with van der Waals surface area (Å²) in [5, 5.41) is 82.9. The molecular formula is C29H33O15+. The maximum Gasteiger partial charge on any atom is 0.402 e. The summed E-state index contributed by atoms with van der Waals surface area (Å²) in [5.74, 6) is -1.49. The van der Waals surface area contributed by atoms with Crippen molar-refractivity contribution >= 4 is 16.9 Å². The predicted octanol–water partition coefficient (Wildman–Crippen LogP) is 0.0990. The van der Waals surface area contributed by atoms with Crippen molar-refractivity contribution in [3.05, 3.63) is 42.5 Å². The molecule has 15 nitrogen and oxygen atoms in total. The van der Waals surface area contributed by atoms with Crippen molar-refractivity contribution in [3.63, 3.8) is 0 Å². The summed E-state index contributed by atoms with van der Waals surface area (Å²) in [4.78, 5) is 11.6. The fourth-order valence-corrected chi connectivity index (χ4v) is 5.01. The van der Waals surface area contributed by atoms with Crippen molar-refractivity contribution < 1.29 is 73.7 Å². The average Bonchev–Trinajstić information content (AvgIpc) is 2.97. The van der Waals surface area contributed by atoms with Gasteiger partial charge in [0.25, 0.3) is 0 Å². The molecule has 0 aliphatic carbocycles. The van der Waals surface area contributed by atoms with Crippen LogP contribution >= 0.6 is 0 Å². The van der Waals surface area contributed by atoms with Crippen molar-refractivity contribution in [3.8, 4) is 34.3 Å². The van der Waals surface area contributed by atoms with Crippen LogP contribution in [0.1, 0.15) is 13.8 Å². The molecule has 1 aromatic heterocycles. The molecule has 0 spiro atoms. The monoisotopic (exact) mass is 621 g/mol. The Hall–Kier alpha value is -3.80. The van der Waals surface area contributed by atoms with Crippen LogP contribution in [0.2, 0.25) is 0 Å². The zero-order valence-corrected chi connectivity index (χ0v) is 23.5. The molecule has 238 valence electrons. The van der Waals surface area contributed by atoms with E-state index in [0.29, 0.717) is 5.56 Å². The number of aliphatic hydroxyl groups excluding tert-OH is 5. The van der Waals surface area contributed by atoms with Gasteiger partial charge in [-0.25, -0.2) is 4.42 Å². The fourth-order valence-electron chi connectivity index (χ4n) is 5.01. The van der Waals surface area contributed by atoms with Crippen molar-refractivity contribution in [2.45, 2.75) is 75.3 Å². The van der Waals surface area contributed by atoms with Crippen molar-refractivity contribution in [1.82, 2.24) is 0 Å². The molecule has 0 radical (unpaired) electrons. The molecule has 3 heterocycles. The molecule has 2 aliphatic rings. The number of fused-ring (bicyclic) bond motifs is 1. The number of phenolic OH excluding ortho intramolecular Hbond substituents is 3. The molecule has 10 atom stereocenters. The van der Waals surface area contributed by atoms with Gasteiger partial charge in [0.05, 0.1) is 24.3 Å². The third kappa shape index (κ3) is 6.36. The SMILES string of the molecule is CC(=O)O[C@H]1[C@H](OC[C@H]2O[C@@H](Oc3cc4c(O)cc(O)cc4[o+]c3-c3ccc(O)cc3)[C@H](O)[C@@H](O)[C@@H]2O)O[C@@H](C)[C@H](O)[C@H]1O. The van der Waals surface area contributed by atoms with Gasteiger partial charge in [-0.15, -0.1) is 0 Å². The first-order chi connectivity index (χ1) is 20.8. The third-order valence-corrected chi connectivity index (χ3v) is 7.37. The molecule has 0 bridgehead atoms. The zero-order chi connectivity index (χ0) is 31.9. The van der Waals surface area contributed by atoms with Gasteiger partial charge >= 0.3 is 17.3 Å². The smallest absolute Gasteiger partial charge is 0.402 e. The number of ether oxygens (including phenoxy) is 5. The molecule has 2 saturated heterocycles. The number of carbonyl (C=O) groups excluding carboxylic acids is 1. The van der Waals surface area contributed by atoms with Crippen molar-refractivity contribution in [2.75, 3.05) is 6.61 Å². The number of hydrogen-bond donors (Lipinski definition) is 8. The first-order valence-corrected chi connectivity index (χ1v) is 13.6. The molecule has 2 aromatic carbocycles. The molecule has 0 amide bonds. The summed E-state index contributed by atoms with van der Waals surface area (Å²) in [6.07, 6.45) is -15.0. The largest absolute Gasteiger partial charge is 0.508 e. The van der Waals surface area contributed by atoms with Crippen LogP contribution in [-0.2, 0) is 23.7 Å². The minimum absolute atomic E-state index is 0.0346. The van der Waals surface area contributed by atoms with Crippen molar-refractivity contribution in [2.24, 2.45) is 0 Å². The average molecular weight is 622 g/mol. The topological polar surface area (TPSA) is 236 Å². The van der Waals surface area contributed by atoms with E-state index in [-0.39, 0.29) is 39.7 Å². The quantitative estimate of drug-likeness (QED) is 0.129. The molecule has 8 N–H and O–H groups in total. The van der Waals surface area contributed by atoms with Crippen LogP contribution < -0.4 is 4.74 Å². The van der Waals surface area contributed by atoms with Crippen LogP contribution in [0.5, 0.6) is 23.0 Å². The fraction of sp³-hybridized carbons (Fsp3) is 0.448. The standard InChI is InChI=1S/C29H32O15/c1-11-21(34)24(37)27(41-12(2)30)29(40-11)39-10-20-22(35)23(36)25(38)28(44-20)43-19-9-16-17(33)7-15(32)8-18(16)42-26(19)13-3-5-14(31)6-4-13/h3-9,11,20-25,27-29,34-38H,10H2,1-2H3,(H2-,31,32,33)/p+1/t11-,20+,21-,22+,23-,24+,25+,27+,28+,29+/m0/s1. The minimum atomic E-state index is -1.80. The number of aliphatic hydroxyl groups is 5. The Morgan fingerprint density at radius 3 is 2.23 bits per heavy atom. The molecule has 44 heavy (non-hydrogen) atoms. The Morgan fingerprint density at radius 1 is 0.841 bits per heavy atom. The van der Waals surface area contributed by atoms with E-state index in [1.807, 2.05) is 0 Å². The zero-order valence-electron chi connectivity index (χ0n) is 23.5. The Labute approximate surface area is 249 Å². The second-order valence-corrected chi connectivity index (χ2v) is 10.6. The maximum atomic E-state index is 11.6. The van der Waals surface area contributed by atoms with Gasteiger partial charge in [-0.1, -0.05) is 0 Å². The Morgan fingerprint density at radius 2 is 1.55 bits per heavy atom. The Kier molecular flexibility index (Phi) is 9.10. The van der Waals surface area contributed by atoms with Crippen LogP contribution in [0.4, 0.5) is 0 Å². The summed E-state index contributed by atoms with van der Waals surface area (Å²) in [5.41, 5.74) is 0.454.